The molecule has 1 aliphatic heterocycles. The number of nitrogens with zero attached hydrogens (tertiary/aromatic N) is 2. The number of anilines is 2. The van der Waals surface area contributed by atoms with Crippen molar-refractivity contribution < 1.29 is 4.42 Å². The fourth-order valence-electron chi connectivity index (χ4n) is 9.39. The van der Waals surface area contributed by atoms with E-state index in [9.17, 15) is 0 Å². The summed E-state index contributed by atoms with van der Waals surface area (Å²) in [4.78, 5) is 5.06. The van der Waals surface area contributed by atoms with E-state index in [4.69, 9.17) is 9.40 Å². The first-order valence-corrected chi connectivity index (χ1v) is 20.0. The maximum atomic E-state index is 6.55. The van der Waals surface area contributed by atoms with Gasteiger partial charge in [0.15, 0.2) is 5.58 Å². The minimum atomic E-state index is 0.0620. The van der Waals surface area contributed by atoms with E-state index in [1.165, 1.54) is 90.2 Å². The summed E-state index contributed by atoms with van der Waals surface area (Å²) in [7, 11) is 0. The van der Waals surface area contributed by atoms with Crippen molar-refractivity contribution in [2.45, 2.75) is 39.4 Å². The Labute approximate surface area is 326 Å². The molecule has 0 bridgehead atoms. The predicted molar refractivity (Wildman–Crippen MR) is 238 cm³/mol. The average molecular weight is 722 g/mol. The van der Waals surface area contributed by atoms with Gasteiger partial charge in [-0.3, -0.25) is 0 Å². The van der Waals surface area contributed by atoms with Gasteiger partial charge in [0.2, 0.25) is 12.6 Å². The molecule has 11 rings (SSSR count). The second kappa shape index (κ2) is 13.0. The highest BCUT2D eigenvalue weighted by Gasteiger charge is 2.35. The largest absolute Gasteiger partial charge is 0.436 e. The fraction of sp³-hybridized carbons (Fsp3) is 0.118. The van der Waals surface area contributed by atoms with Crippen LogP contribution in [0, 0.1) is 0 Å². The van der Waals surface area contributed by atoms with Crippen LogP contribution in [0.1, 0.15) is 31.7 Å². The molecule has 0 radical (unpaired) electrons. The molecule has 1 aliphatic rings. The molecule has 0 fully saturated rings. The van der Waals surface area contributed by atoms with Gasteiger partial charge in [-0.1, -0.05) is 136 Å². The van der Waals surface area contributed by atoms with Crippen LogP contribution < -0.4 is 16.2 Å². The van der Waals surface area contributed by atoms with E-state index in [0.717, 1.165) is 40.1 Å². The molecule has 268 valence electrons. The third-order valence-corrected chi connectivity index (χ3v) is 12.0. The van der Waals surface area contributed by atoms with Gasteiger partial charge >= 0.3 is 0 Å². The van der Waals surface area contributed by atoms with E-state index in [0.29, 0.717) is 5.89 Å². The van der Waals surface area contributed by atoms with Crippen LogP contribution in [0.15, 0.2) is 156 Å². The molecular formula is C51H40BN3O. The maximum absolute atomic E-state index is 6.55. The molecule has 1 N–H and O–H groups in total. The minimum absolute atomic E-state index is 0.0620. The fourth-order valence-corrected chi connectivity index (χ4v) is 9.39. The standard InChI is InChI=1S/C51H40BN3O/c1-3-4-6-15-32-24-27-35(28-25-32)53-42-23-14-13-22-39(42)46-37-20-11-12-21-38(37)47-40-29-26-33-16-9-10-19-36(33)49(40)55-44-31-45-43(30-41(44)52(2)48(46)50(47)55)54-51(56-45)34-17-7-5-8-18-34/h5,7-14,16-31,53H,3-4,6,15H2,1-2H3. The molecular weight excluding hydrogens is 681 g/mol. The Hall–Kier alpha value is -6.59. The van der Waals surface area contributed by atoms with Crippen molar-refractivity contribution in [2.75, 3.05) is 5.32 Å². The van der Waals surface area contributed by atoms with Crippen molar-refractivity contribution in [1.29, 1.82) is 0 Å². The second-order valence-corrected chi connectivity index (χ2v) is 15.4. The molecule has 5 heteroatoms. The van der Waals surface area contributed by atoms with Gasteiger partial charge in [0, 0.05) is 50.4 Å². The van der Waals surface area contributed by atoms with E-state index in [-0.39, 0.29) is 6.71 Å². The molecule has 0 saturated carbocycles. The number of oxazole rings is 1. The highest BCUT2D eigenvalue weighted by molar-refractivity contribution is 6.89. The smallest absolute Gasteiger partial charge is 0.227 e. The number of nitrogens with one attached hydrogen (secondary N) is 1. The molecule has 0 atom stereocenters. The van der Waals surface area contributed by atoms with Crippen molar-refractivity contribution in [1.82, 2.24) is 9.55 Å². The summed E-state index contributed by atoms with van der Waals surface area (Å²) in [6.45, 7) is 4.70. The molecule has 0 spiro atoms. The molecule has 3 heterocycles. The zero-order chi connectivity index (χ0) is 37.3. The monoisotopic (exact) mass is 721 g/mol. The van der Waals surface area contributed by atoms with E-state index in [2.05, 4.69) is 157 Å². The van der Waals surface area contributed by atoms with Gasteiger partial charge in [0.05, 0.1) is 11.0 Å². The molecule has 0 unspecified atom stereocenters. The quantitative estimate of drug-likeness (QED) is 0.125. The van der Waals surface area contributed by atoms with E-state index < -0.39 is 0 Å². The van der Waals surface area contributed by atoms with Gasteiger partial charge in [-0.2, -0.15) is 0 Å². The van der Waals surface area contributed by atoms with Crippen LogP contribution in [-0.4, -0.2) is 16.3 Å². The molecule has 56 heavy (non-hydrogen) atoms. The lowest BCUT2D eigenvalue weighted by Gasteiger charge is -2.29. The first kappa shape index (κ1) is 32.8. The number of aryl methyl sites for hydroxylation is 1. The Balaban J connectivity index is 1.20. The van der Waals surface area contributed by atoms with Gasteiger partial charge in [-0.25, -0.2) is 4.98 Å². The lowest BCUT2D eigenvalue weighted by atomic mass is 9.39. The first-order valence-electron chi connectivity index (χ1n) is 20.0. The minimum Gasteiger partial charge on any atom is -0.436 e. The highest BCUT2D eigenvalue weighted by Crippen LogP contribution is 2.45. The number of fused-ring (bicyclic) bond motifs is 10. The lowest BCUT2D eigenvalue weighted by Crippen LogP contribution is -2.46. The Morgan fingerprint density at radius 2 is 1.43 bits per heavy atom. The van der Waals surface area contributed by atoms with Crippen molar-refractivity contribution in [2.24, 2.45) is 0 Å². The lowest BCUT2D eigenvalue weighted by molar-refractivity contribution is 0.619. The Morgan fingerprint density at radius 1 is 0.679 bits per heavy atom. The number of hydrogen-bond acceptors (Lipinski definition) is 3. The van der Waals surface area contributed by atoms with Crippen LogP contribution in [0.5, 0.6) is 0 Å². The van der Waals surface area contributed by atoms with Crippen LogP contribution in [0.3, 0.4) is 0 Å². The second-order valence-electron chi connectivity index (χ2n) is 15.4. The van der Waals surface area contributed by atoms with Crippen LogP contribution in [0.2, 0.25) is 6.82 Å². The summed E-state index contributed by atoms with van der Waals surface area (Å²) >= 11 is 0. The maximum Gasteiger partial charge on any atom is 0.227 e. The summed E-state index contributed by atoms with van der Waals surface area (Å²) in [6, 6.07) is 55.0. The Kier molecular flexibility index (Phi) is 7.63. The number of benzene rings is 8. The van der Waals surface area contributed by atoms with Crippen molar-refractivity contribution in [3.8, 4) is 28.3 Å². The van der Waals surface area contributed by atoms with Crippen LogP contribution in [0.25, 0.3) is 82.7 Å². The van der Waals surface area contributed by atoms with E-state index >= 15 is 0 Å². The number of rotatable bonds is 8. The number of hydrogen-bond donors (Lipinski definition) is 1. The third-order valence-electron chi connectivity index (χ3n) is 12.0. The zero-order valence-electron chi connectivity index (χ0n) is 31.6. The average Bonchev–Trinajstić information content (AvgIpc) is 3.83. The summed E-state index contributed by atoms with van der Waals surface area (Å²) in [5, 5.41) is 11.4. The van der Waals surface area contributed by atoms with Crippen molar-refractivity contribution >= 4 is 83.5 Å². The number of para-hydroxylation sites is 1. The molecule has 8 aromatic carbocycles. The van der Waals surface area contributed by atoms with Gasteiger partial charge < -0.3 is 14.3 Å². The van der Waals surface area contributed by atoms with Crippen LogP contribution in [0.4, 0.5) is 11.4 Å². The first-order chi connectivity index (χ1) is 27.7. The third kappa shape index (κ3) is 5.04. The van der Waals surface area contributed by atoms with Gasteiger partial charge in [0.1, 0.15) is 5.52 Å². The zero-order valence-corrected chi connectivity index (χ0v) is 31.6. The Bertz CT molecular complexity index is 3140. The van der Waals surface area contributed by atoms with Crippen LogP contribution in [-0.2, 0) is 6.42 Å². The highest BCUT2D eigenvalue weighted by atomic mass is 16.3. The normalized spacial score (nSPS) is 12.4. The molecule has 0 saturated heterocycles. The Morgan fingerprint density at radius 3 is 2.27 bits per heavy atom. The molecule has 0 aliphatic carbocycles. The number of aromatic nitrogens is 2. The van der Waals surface area contributed by atoms with Crippen molar-refractivity contribution in [3.05, 3.63) is 157 Å². The topological polar surface area (TPSA) is 43.0 Å². The molecule has 2 aromatic heterocycles. The molecule has 10 aromatic rings. The SMILES string of the molecule is CCCCCc1ccc(Nc2ccccc2-c2c3c4c(c5ccccc25)c2ccc5ccccc5c2n4-c2cc4oc(-c5ccccc5)nc4cc2B3C)cc1. The summed E-state index contributed by atoms with van der Waals surface area (Å²) in [5.41, 5.74) is 14.9. The molecule has 4 nitrogen and oxygen atoms in total. The summed E-state index contributed by atoms with van der Waals surface area (Å²) in [6.07, 6.45) is 4.86. The van der Waals surface area contributed by atoms with Gasteiger partial charge in [0.25, 0.3) is 0 Å². The van der Waals surface area contributed by atoms with E-state index in [1.54, 1.807) is 0 Å². The summed E-state index contributed by atoms with van der Waals surface area (Å²) in [5.74, 6) is 0.640. The van der Waals surface area contributed by atoms with Crippen LogP contribution >= 0.6 is 0 Å². The predicted octanol–water partition coefficient (Wildman–Crippen LogP) is 12.6. The van der Waals surface area contributed by atoms with E-state index in [1.807, 2.05) is 18.2 Å². The summed E-state index contributed by atoms with van der Waals surface area (Å²) < 4.78 is 9.10. The number of unbranched alkanes of at least 4 members (excludes halogenated alkanes) is 2. The van der Waals surface area contributed by atoms with Gasteiger partial charge in [-0.15, -0.1) is 0 Å². The molecule has 0 amide bonds. The van der Waals surface area contributed by atoms with Gasteiger partial charge in [-0.05, 0) is 87.5 Å². The van der Waals surface area contributed by atoms with Crippen molar-refractivity contribution in [3.63, 3.8) is 0 Å².